The number of anilines is 1. The van der Waals surface area contributed by atoms with E-state index in [0.29, 0.717) is 5.56 Å². The molecular weight excluding hydrogens is 262 g/mol. The Morgan fingerprint density at radius 1 is 1.05 bits per heavy atom. The van der Waals surface area contributed by atoms with Crippen LogP contribution in [0.4, 0.5) is 5.69 Å². The van der Waals surface area contributed by atoms with Gasteiger partial charge < -0.3 is 4.98 Å². The van der Waals surface area contributed by atoms with E-state index in [-0.39, 0.29) is 5.91 Å². The fraction of sp³-hybridized carbons (Fsp3) is 0.118. The highest BCUT2D eigenvalue weighted by molar-refractivity contribution is 5.99. The van der Waals surface area contributed by atoms with Gasteiger partial charge in [-0.15, -0.1) is 0 Å². The number of carbonyl (C=O) groups is 1. The topological polar surface area (TPSA) is 56.9 Å². The maximum atomic E-state index is 12.2. The van der Waals surface area contributed by atoms with Crippen molar-refractivity contribution in [3.8, 4) is 0 Å². The van der Waals surface area contributed by atoms with Crippen LogP contribution in [0.1, 0.15) is 21.6 Å². The number of fused-ring (bicyclic) bond motifs is 1. The zero-order valence-corrected chi connectivity index (χ0v) is 12.0. The first-order chi connectivity index (χ1) is 10.1. The zero-order valence-electron chi connectivity index (χ0n) is 12.0. The Bertz CT molecular complexity index is 790. The summed E-state index contributed by atoms with van der Waals surface area (Å²) < 4.78 is 0. The number of hydrogen-bond acceptors (Lipinski definition) is 2. The SMILES string of the molecule is Cc1[nH]c2ccc(C(=O)NNc3ccccc3)cc2c1C. The number of aromatic amines is 1. The van der Waals surface area contributed by atoms with Crippen LogP contribution in [0.5, 0.6) is 0 Å². The summed E-state index contributed by atoms with van der Waals surface area (Å²) in [6.45, 7) is 4.09. The first-order valence-electron chi connectivity index (χ1n) is 6.85. The van der Waals surface area contributed by atoms with Crippen LogP contribution in [-0.4, -0.2) is 10.9 Å². The number of hydrogen-bond donors (Lipinski definition) is 3. The third-order valence-corrected chi connectivity index (χ3v) is 3.66. The number of nitrogens with one attached hydrogen (secondary N) is 3. The molecule has 0 unspecified atom stereocenters. The number of H-pyrrole nitrogens is 1. The van der Waals surface area contributed by atoms with Gasteiger partial charge in [-0.3, -0.25) is 15.6 Å². The molecule has 1 aromatic heterocycles. The molecule has 0 atom stereocenters. The van der Waals surface area contributed by atoms with Gasteiger partial charge in [-0.2, -0.15) is 0 Å². The molecule has 4 nitrogen and oxygen atoms in total. The number of rotatable bonds is 3. The number of aryl methyl sites for hydroxylation is 2. The van der Waals surface area contributed by atoms with Gasteiger partial charge in [0.15, 0.2) is 0 Å². The molecule has 0 radical (unpaired) electrons. The summed E-state index contributed by atoms with van der Waals surface area (Å²) in [7, 11) is 0. The number of amides is 1. The van der Waals surface area contributed by atoms with E-state index in [2.05, 4.69) is 22.8 Å². The lowest BCUT2D eigenvalue weighted by atomic mass is 10.1. The third-order valence-electron chi connectivity index (χ3n) is 3.66. The van der Waals surface area contributed by atoms with Crippen LogP contribution in [0.3, 0.4) is 0 Å². The van der Waals surface area contributed by atoms with Gasteiger partial charge in [0.05, 0.1) is 5.69 Å². The number of carbonyl (C=O) groups excluding carboxylic acids is 1. The highest BCUT2D eigenvalue weighted by atomic mass is 16.2. The molecule has 0 aliphatic rings. The molecule has 3 N–H and O–H groups in total. The average molecular weight is 279 g/mol. The first kappa shape index (κ1) is 13.2. The maximum absolute atomic E-state index is 12.2. The molecule has 3 rings (SSSR count). The smallest absolute Gasteiger partial charge is 0.269 e. The molecule has 0 saturated heterocycles. The number of para-hydroxylation sites is 1. The molecule has 0 aliphatic heterocycles. The lowest BCUT2D eigenvalue weighted by Crippen LogP contribution is -2.29. The third kappa shape index (κ3) is 2.60. The summed E-state index contributed by atoms with van der Waals surface area (Å²) >= 11 is 0. The molecule has 3 aromatic rings. The summed E-state index contributed by atoms with van der Waals surface area (Å²) in [6.07, 6.45) is 0. The zero-order chi connectivity index (χ0) is 14.8. The molecule has 1 amide bonds. The summed E-state index contributed by atoms with van der Waals surface area (Å²) in [4.78, 5) is 15.5. The van der Waals surface area contributed by atoms with E-state index < -0.39 is 0 Å². The van der Waals surface area contributed by atoms with Gasteiger partial charge in [-0.1, -0.05) is 18.2 Å². The maximum Gasteiger partial charge on any atom is 0.269 e. The molecule has 0 spiro atoms. The molecular formula is C17H17N3O. The Balaban J connectivity index is 1.80. The molecule has 2 aromatic carbocycles. The van der Waals surface area contributed by atoms with Crippen molar-refractivity contribution in [3.05, 3.63) is 65.4 Å². The van der Waals surface area contributed by atoms with Crippen molar-refractivity contribution in [1.29, 1.82) is 0 Å². The van der Waals surface area contributed by atoms with Gasteiger partial charge in [0.1, 0.15) is 0 Å². The highest BCUT2D eigenvalue weighted by Crippen LogP contribution is 2.22. The van der Waals surface area contributed by atoms with E-state index in [9.17, 15) is 4.79 Å². The predicted octanol–water partition coefficient (Wildman–Crippen LogP) is 3.54. The fourth-order valence-electron chi connectivity index (χ4n) is 2.33. The summed E-state index contributed by atoms with van der Waals surface area (Å²) in [5.41, 5.74) is 10.5. The average Bonchev–Trinajstić information content (AvgIpc) is 2.80. The Kier molecular flexibility index (Phi) is 3.36. The summed E-state index contributed by atoms with van der Waals surface area (Å²) in [5, 5.41) is 1.08. The van der Waals surface area contributed by atoms with Crippen molar-refractivity contribution in [2.75, 3.05) is 5.43 Å². The number of benzene rings is 2. The second kappa shape index (κ2) is 5.32. The van der Waals surface area contributed by atoms with Gasteiger partial charge in [0, 0.05) is 22.2 Å². The van der Waals surface area contributed by atoms with Gasteiger partial charge in [-0.05, 0) is 49.7 Å². The van der Waals surface area contributed by atoms with Gasteiger partial charge >= 0.3 is 0 Å². The molecule has 0 saturated carbocycles. The van der Waals surface area contributed by atoms with Crippen LogP contribution in [0.25, 0.3) is 10.9 Å². The Morgan fingerprint density at radius 3 is 2.57 bits per heavy atom. The van der Waals surface area contributed by atoms with Crippen molar-refractivity contribution in [2.24, 2.45) is 0 Å². The standard InChI is InChI=1S/C17H17N3O/c1-11-12(2)18-16-9-8-13(10-15(11)16)17(21)20-19-14-6-4-3-5-7-14/h3-10,18-19H,1-2H3,(H,20,21). The molecule has 0 bridgehead atoms. The number of aromatic nitrogens is 1. The molecule has 106 valence electrons. The van der Waals surface area contributed by atoms with E-state index >= 15 is 0 Å². The van der Waals surface area contributed by atoms with Crippen molar-refractivity contribution in [3.63, 3.8) is 0 Å². The second-order valence-electron chi connectivity index (χ2n) is 5.08. The van der Waals surface area contributed by atoms with E-state index in [1.165, 1.54) is 5.56 Å². The Morgan fingerprint density at radius 2 is 1.81 bits per heavy atom. The van der Waals surface area contributed by atoms with Crippen LogP contribution < -0.4 is 10.9 Å². The van der Waals surface area contributed by atoms with Crippen LogP contribution in [0.15, 0.2) is 48.5 Å². The van der Waals surface area contributed by atoms with E-state index in [1.807, 2.05) is 55.5 Å². The molecule has 0 fully saturated rings. The van der Waals surface area contributed by atoms with E-state index in [1.54, 1.807) is 0 Å². The minimum Gasteiger partial charge on any atom is -0.358 e. The summed E-state index contributed by atoms with van der Waals surface area (Å²) in [6, 6.07) is 15.2. The summed E-state index contributed by atoms with van der Waals surface area (Å²) in [5.74, 6) is -0.154. The Hall–Kier alpha value is -2.75. The molecule has 1 heterocycles. The van der Waals surface area contributed by atoms with E-state index in [4.69, 9.17) is 0 Å². The van der Waals surface area contributed by atoms with Gasteiger partial charge in [0.2, 0.25) is 0 Å². The van der Waals surface area contributed by atoms with Crippen LogP contribution >= 0.6 is 0 Å². The highest BCUT2D eigenvalue weighted by Gasteiger charge is 2.09. The minimum atomic E-state index is -0.154. The monoisotopic (exact) mass is 279 g/mol. The lowest BCUT2D eigenvalue weighted by molar-refractivity contribution is 0.0963. The first-order valence-corrected chi connectivity index (χ1v) is 6.85. The van der Waals surface area contributed by atoms with Crippen molar-refractivity contribution in [2.45, 2.75) is 13.8 Å². The second-order valence-corrected chi connectivity index (χ2v) is 5.08. The molecule has 0 aliphatic carbocycles. The van der Waals surface area contributed by atoms with Crippen molar-refractivity contribution < 1.29 is 4.79 Å². The van der Waals surface area contributed by atoms with Crippen LogP contribution in [0.2, 0.25) is 0 Å². The van der Waals surface area contributed by atoms with Crippen LogP contribution in [0, 0.1) is 13.8 Å². The quantitative estimate of drug-likeness (QED) is 0.642. The fourth-order valence-corrected chi connectivity index (χ4v) is 2.33. The predicted molar refractivity (Wildman–Crippen MR) is 85.3 cm³/mol. The van der Waals surface area contributed by atoms with E-state index in [0.717, 1.165) is 22.3 Å². The minimum absolute atomic E-state index is 0.154. The Labute approximate surface area is 123 Å². The normalized spacial score (nSPS) is 10.6. The van der Waals surface area contributed by atoms with Gasteiger partial charge in [-0.25, -0.2) is 0 Å². The van der Waals surface area contributed by atoms with Crippen molar-refractivity contribution >= 4 is 22.5 Å². The van der Waals surface area contributed by atoms with Crippen LogP contribution in [-0.2, 0) is 0 Å². The molecule has 21 heavy (non-hydrogen) atoms. The molecule has 4 heteroatoms. The number of hydrazine groups is 1. The van der Waals surface area contributed by atoms with Crippen molar-refractivity contribution in [1.82, 2.24) is 10.4 Å². The van der Waals surface area contributed by atoms with Gasteiger partial charge in [0.25, 0.3) is 5.91 Å². The lowest BCUT2D eigenvalue weighted by Gasteiger charge is -2.08. The largest absolute Gasteiger partial charge is 0.358 e.